The summed E-state index contributed by atoms with van der Waals surface area (Å²) in [5, 5.41) is 12.7. The van der Waals surface area contributed by atoms with Crippen LogP contribution in [0.15, 0.2) is 72.8 Å². The third-order valence-corrected chi connectivity index (χ3v) is 6.19. The number of carbonyl (C=O) groups is 1. The zero-order valence-corrected chi connectivity index (χ0v) is 18.8. The van der Waals surface area contributed by atoms with Gasteiger partial charge in [0.2, 0.25) is 0 Å². The van der Waals surface area contributed by atoms with Gasteiger partial charge < -0.3 is 5.32 Å². The van der Waals surface area contributed by atoms with Crippen molar-refractivity contribution >= 4 is 17.5 Å². The number of halogens is 4. The molecule has 0 bridgehead atoms. The third-order valence-electron chi connectivity index (χ3n) is 5.94. The lowest BCUT2D eigenvalue weighted by Gasteiger charge is -2.29. The second-order valence-electron chi connectivity index (χ2n) is 8.22. The Hall–Kier alpha value is -3.34. The molecule has 1 N–H and O–H groups in total. The third kappa shape index (κ3) is 5.41. The number of carbonyl (C=O) groups excluding carboxylic acids is 1. The molecule has 0 spiro atoms. The minimum absolute atomic E-state index is 0.0991. The fraction of sp³-hybridized carbons (Fsp3) is 0.231. The molecule has 0 aliphatic carbocycles. The second-order valence-corrected chi connectivity index (χ2v) is 8.65. The summed E-state index contributed by atoms with van der Waals surface area (Å²) in [6, 6.07) is 21.1. The summed E-state index contributed by atoms with van der Waals surface area (Å²) in [4.78, 5) is 14.9. The molecule has 1 aliphatic rings. The van der Waals surface area contributed by atoms with Crippen molar-refractivity contribution in [1.29, 1.82) is 5.26 Å². The van der Waals surface area contributed by atoms with Gasteiger partial charge in [0, 0.05) is 29.7 Å². The van der Waals surface area contributed by atoms with Gasteiger partial charge in [0.05, 0.1) is 23.2 Å². The van der Waals surface area contributed by atoms with E-state index in [-0.39, 0.29) is 17.6 Å². The molecule has 34 heavy (non-hydrogen) atoms. The fourth-order valence-electron chi connectivity index (χ4n) is 4.22. The van der Waals surface area contributed by atoms with Gasteiger partial charge in [-0.15, -0.1) is 0 Å². The van der Waals surface area contributed by atoms with Gasteiger partial charge in [-0.25, -0.2) is 0 Å². The van der Waals surface area contributed by atoms with E-state index in [1.54, 1.807) is 12.1 Å². The number of nitrogens with one attached hydrogen (secondary N) is 1. The highest BCUT2D eigenvalue weighted by Crippen LogP contribution is 2.33. The average molecular weight is 484 g/mol. The normalized spacial score (nSPS) is 17.2. The number of alkyl halides is 3. The lowest BCUT2D eigenvalue weighted by Crippen LogP contribution is -2.38. The molecule has 1 aliphatic heterocycles. The van der Waals surface area contributed by atoms with E-state index >= 15 is 0 Å². The Morgan fingerprint density at radius 3 is 2.15 bits per heavy atom. The summed E-state index contributed by atoms with van der Waals surface area (Å²) < 4.78 is 38.3. The molecule has 0 radical (unpaired) electrons. The van der Waals surface area contributed by atoms with E-state index in [0.717, 1.165) is 23.3 Å². The molecular weight excluding hydrogens is 463 g/mol. The van der Waals surface area contributed by atoms with Crippen LogP contribution in [0.2, 0.25) is 5.02 Å². The number of nitrogens with zero attached hydrogens (tertiary/aromatic N) is 2. The Morgan fingerprint density at radius 1 is 1.00 bits per heavy atom. The van der Waals surface area contributed by atoms with Gasteiger partial charge in [0.15, 0.2) is 0 Å². The molecule has 1 heterocycles. The number of amides is 1. The zero-order chi connectivity index (χ0) is 24.3. The molecule has 3 aromatic carbocycles. The minimum Gasteiger partial charge on any atom is -0.348 e. The largest absolute Gasteiger partial charge is 0.416 e. The maximum atomic E-state index is 12.8. The Balaban J connectivity index is 1.49. The number of hydrogen-bond acceptors (Lipinski definition) is 3. The summed E-state index contributed by atoms with van der Waals surface area (Å²) >= 11 is 6.08. The predicted octanol–water partition coefficient (Wildman–Crippen LogP) is 5.82. The van der Waals surface area contributed by atoms with Crippen LogP contribution in [0.25, 0.3) is 0 Å². The van der Waals surface area contributed by atoms with Crippen molar-refractivity contribution in [2.75, 3.05) is 13.1 Å². The van der Waals surface area contributed by atoms with Crippen LogP contribution in [-0.4, -0.2) is 29.9 Å². The number of nitriles is 1. The van der Waals surface area contributed by atoms with E-state index in [9.17, 15) is 18.0 Å². The quantitative estimate of drug-likeness (QED) is 0.497. The summed E-state index contributed by atoms with van der Waals surface area (Å²) in [5.74, 6) is -0.401. The summed E-state index contributed by atoms with van der Waals surface area (Å²) in [7, 11) is 0. The van der Waals surface area contributed by atoms with Crippen molar-refractivity contribution in [3.05, 3.63) is 106 Å². The predicted molar refractivity (Wildman–Crippen MR) is 123 cm³/mol. The van der Waals surface area contributed by atoms with E-state index in [1.807, 2.05) is 36.4 Å². The first-order valence-electron chi connectivity index (χ1n) is 10.7. The van der Waals surface area contributed by atoms with Crippen molar-refractivity contribution in [2.45, 2.75) is 24.7 Å². The molecule has 1 unspecified atom stereocenters. The Bertz CT molecular complexity index is 1190. The van der Waals surface area contributed by atoms with Crippen LogP contribution < -0.4 is 5.32 Å². The van der Waals surface area contributed by atoms with Crippen molar-refractivity contribution in [3.63, 3.8) is 0 Å². The van der Waals surface area contributed by atoms with E-state index in [1.165, 1.54) is 12.1 Å². The van der Waals surface area contributed by atoms with E-state index in [4.69, 9.17) is 16.9 Å². The summed E-state index contributed by atoms with van der Waals surface area (Å²) in [6.07, 6.45) is -3.74. The van der Waals surface area contributed by atoms with Gasteiger partial charge in [-0.2, -0.15) is 18.4 Å². The van der Waals surface area contributed by atoms with E-state index in [2.05, 4.69) is 16.3 Å². The standard InChI is InChI=1S/C26H21ClF3N3O/c27-22-11-7-19(8-12-22)24(18-3-1-17(15-31)2-4-18)33-14-13-23(16-33)32-25(34)20-5-9-21(10-6-20)26(28,29)30/h1-12,23-24H,13-14,16H2,(H,32,34)/t23-,24?/m1/s1. The molecule has 4 rings (SSSR count). The van der Waals surface area contributed by atoms with Gasteiger partial charge in [-0.1, -0.05) is 35.9 Å². The Labute approximate surface area is 200 Å². The maximum absolute atomic E-state index is 12.8. The van der Waals surface area contributed by atoms with Crippen LogP contribution in [0.5, 0.6) is 0 Å². The van der Waals surface area contributed by atoms with Crippen LogP contribution in [0.1, 0.15) is 45.1 Å². The van der Waals surface area contributed by atoms with Crippen LogP contribution >= 0.6 is 11.6 Å². The highest BCUT2D eigenvalue weighted by molar-refractivity contribution is 6.30. The highest BCUT2D eigenvalue weighted by atomic mass is 35.5. The lowest BCUT2D eigenvalue weighted by atomic mass is 9.96. The zero-order valence-electron chi connectivity index (χ0n) is 18.0. The molecule has 3 aromatic rings. The SMILES string of the molecule is N#Cc1ccc(C(c2ccc(Cl)cc2)N2CC[C@@H](NC(=O)c3ccc(C(F)(F)F)cc3)C2)cc1. The van der Waals surface area contributed by atoms with Gasteiger partial charge in [0.1, 0.15) is 0 Å². The molecule has 1 fully saturated rings. The minimum atomic E-state index is -4.44. The van der Waals surface area contributed by atoms with E-state index < -0.39 is 17.6 Å². The van der Waals surface area contributed by atoms with Gasteiger partial charge in [0.25, 0.3) is 5.91 Å². The maximum Gasteiger partial charge on any atom is 0.416 e. The molecule has 1 saturated heterocycles. The molecule has 0 saturated carbocycles. The number of likely N-dealkylation sites (tertiary alicyclic amines) is 1. The summed E-state index contributed by atoms with van der Waals surface area (Å²) in [5.41, 5.74) is 2.01. The van der Waals surface area contributed by atoms with E-state index in [0.29, 0.717) is 30.1 Å². The first kappa shape index (κ1) is 23.8. The van der Waals surface area contributed by atoms with Crippen LogP contribution in [-0.2, 0) is 6.18 Å². The molecule has 4 nitrogen and oxygen atoms in total. The topological polar surface area (TPSA) is 56.1 Å². The first-order chi connectivity index (χ1) is 16.2. The Morgan fingerprint density at radius 2 is 1.59 bits per heavy atom. The molecule has 8 heteroatoms. The molecule has 174 valence electrons. The smallest absolute Gasteiger partial charge is 0.348 e. The van der Waals surface area contributed by atoms with Crippen molar-refractivity contribution in [3.8, 4) is 6.07 Å². The molecule has 2 atom stereocenters. The van der Waals surface area contributed by atoms with Gasteiger partial charge in [-0.05, 0) is 66.1 Å². The fourth-order valence-corrected chi connectivity index (χ4v) is 4.34. The van der Waals surface area contributed by atoms with Gasteiger partial charge in [-0.3, -0.25) is 9.69 Å². The van der Waals surface area contributed by atoms with Crippen LogP contribution in [0.4, 0.5) is 13.2 Å². The number of rotatable bonds is 5. The second kappa shape index (κ2) is 9.88. The van der Waals surface area contributed by atoms with Crippen molar-refractivity contribution < 1.29 is 18.0 Å². The van der Waals surface area contributed by atoms with Crippen molar-refractivity contribution in [2.24, 2.45) is 0 Å². The first-order valence-corrected chi connectivity index (χ1v) is 11.1. The molecule has 0 aromatic heterocycles. The van der Waals surface area contributed by atoms with Crippen LogP contribution in [0.3, 0.4) is 0 Å². The van der Waals surface area contributed by atoms with Gasteiger partial charge >= 0.3 is 6.18 Å². The van der Waals surface area contributed by atoms with Crippen LogP contribution in [0, 0.1) is 11.3 Å². The highest BCUT2D eigenvalue weighted by Gasteiger charge is 2.32. The average Bonchev–Trinajstić information content (AvgIpc) is 3.28. The van der Waals surface area contributed by atoms with Crippen molar-refractivity contribution in [1.82, 2.24) is 10.2 Å². The molecule has 1 amide bonds. The lowest BCUT2D eigenvalue weighted by molar-refractivity contribution is -0.137. The number of benzene rings is 3. The summed E-state index contributed by atoms with van der Waals surface area (Å²) in [6.45, 7) is 1.28. The Kier molecular flexibility index (Phi) is 6.92. The monoisotopic (exact) mass is 483 g/mol. The number of hydrogen-bond donors (Lipinski definition) is 1. The molecular formula is C26H21ClF3N3O.